The van der Waals surface area contributed by atoms with Crippen LogP contribution >= 0.6 is 12.2 Å². The molecule has 0 spiro atoms. The molecule has 1 aromatic carbocycles. The molecule has 0 radical (unpaired) electrons. The molecule has 4 nitrogen and oxygen atoms in total. The van der Waals surface area contributed by atoms with Gasteiger partial charge in [0.2, 0.25) is 10.0 Å². The van der Waals surface area contributed by atoms with Crippen LogP contribution in [0.5, 0.6) is 0 Å². The molecule has 2 rings (SSSR count). The summed E-state index contributed by atoms with van der Waals surface area (Å²) in [5.41, 5.74) is 5.53. The predicted molar refractivity (Wildman–Crippen MR) is 70.0 cm³/mol. The summed E-state index contributed by atoms with van der Waals surface area (Å²) in [6, 6.07) is 4.10. The molecule has 1 atom stereocenters. The van der Waals surface area contributed by atoms with E-state index < -0.39 is 21.9 Å². The highest BCUT2D eigenvalue weighted by atomic mass is 32.2. The van der Waals surface area contributed by atoms with Crippen molar-refractivity contribution in [2.45, 2.75) is 23.8 Å². The highest BCUT2D eigenvalue weighted by Gasteiger charge is 2.36. The van der Waals surface area contributed by atoms with Crippen LogP contribution in [0.4, 0.5) is 4.39 Å². The van der Waals surface area contributed by atoms with Crippen molar-refractivity contribution in [1.82, 2.24) is 4.72 Å². The average Bonchev–Trinajstić information content (AvgIpc) is 3.10. The van der Waals surface area contributed by atoms with Crippen molar-refractivity contribution in [3.05, 3.63) is 30.1 Å². The highest BCUT2D eigenvalue weighted by molar-refractivity contribution is 7.89. The highest BCUT2D eigenvalue weighted by Crippen LogP contribution is 2.33. The maximum atomic E-state index is 12.7. The van der Waals surface area contributed by atoms with E-state index in [0.717, 1.165) is 25.0 Å². The van der Waals surface area contributed by atoms with Crippen molar-refractivity contribution in [3.63, 3.8) is 0 Å². The first kappa shape index (κ1) is 13.4. The molecule has 1 aliphatic rings. The molecule has 0 aromatic heterocycles. The number of nitrogens with two attached hydrogens (primary N) is 1. The molecule has 1 fully saturated rings. The zero-order valence-corrected chi connectivity index (χ0v) is 11.1. The monoisotopic (exact) mass is 288 g/mol. The third-order valence-electron chi connectivity index (χ3n) is 2.81. The van der Waals surface area contributed by atoms with Gasteiger partial charge in [0.15, 0.2) is 0 Å². The maximum absolute atomic E-state index is 12.7. The van der Waals surface area contributed by atoms with Crippen LogP contribution in [0.1, 0.15) is 12.8 Å². The lowest BCUT2D eigenvalue weighted by Crippen LogP contribution is -2.44. The Kier molecular flexibility index (Phi) is 3.65. The molecule has 1 unspecified atom stereocenters. The van der Waals surface area contributed by atoms with Crippen LogP contribution in [-0.2, 0) is 10.0 Å². The Labute approximate surface area is 110 Å². The third kappa shape index (κ3) is 3.04. The van der Waals surface area contributed by atoms with Crippen LogP contribution in [0.15, 0.2) is 29.2 Å². The Morgan fingerprint density at radius 2 is 1.94 bits per heavy atom. The number of halogens is 1. The van der Waals surface area contributed by atoms with Crippen molar-refractivity contribution in [1.29, 1.82) is 0 Å². The number of nitrogens with one attached hydrogen (secondary N) is 1. The lowest BCUT2D eigenvalue weighted by atomic mass is 10.2. The molecular formula is C11H13FN2O2S2. The van der Waals surface area contributed by atoms with Gasteiger partial charge < -0.3 is 5.73 Å². The summed E-state index contributed by atoms with van der Waals surface area (Å²) in [5.74, 6) is -0.306. The van der Waals surface area contributed by atoms with Crippen LogP contribution < -0.4 is 10.5 Å². The number of hydrogen-bond acceptors (Lipinski definition) is 3. The molecule has 0 bridgehead atoms. The molecule has 18 heavy (non-hydrogen) atoms. The number of sulfonamides is 1. The van der Waals surface area contributed by atoms with Crippen LogP contribution in [-0.4, -0.2) is 19.4 Å². The molecule has 0 amide bonds. The van der Waals surface area contributed by atoms with Crippen molar-refractivity contribution < 1.29 is 12.8 Å². The molecule has 0 aliphatic heterocycles. The summed E-state index contributed by atoms with van der Waals surface area (Å²) >= 11 is 4.86. The summed E-state index contributed by atoms with van der Waals surface area (Å²) < 4.78 is 39.3. The van der Waals surface area contributed by atoms with Gasteiger partial charge >= 0.3 is 0 Å². The minimum absolute atomic E-state index is 0.00537. The third-order valence-corrected chi connectivity index (χ3v) is 4.52. The van der Waals surface area contributed by atoms with Gasteiger partial charge in [-0.2, -0.15) is 0 Å². The van der Waals surface area contributed by atoms with E-state index in [1.807, 2.05) is 0 Å². The van der Waals surface area contributed by atoms with Crippen LogP contribution in [0.2, 0.25) is 0 Å². The minimum atomic E-state index is -3.71. The molecular weight excluding hydrogens is 275 g/mol. The van der Waals surface area contributed by atoms with E-state index in [0.29, 0.717) is 0 Å². The smallest absolute Gasteiger partial charge is 0.241 e. The van der Waals surface area contributed by atoms with Crippen molar-refractivity contribution in [3.8, 4) is 0 Å². The second kappa shape index (κ2) is 4.91. The van der Waals surface area contributed by atoms with Gasteiger partial charge in [-0.15, -0.1) is 0 Å². The van der Waals surface area contributed by atoms with Gasteiger partial charge in [0.05, 0.1) is 15.9 Å². The normalized spacial score (nSPS) is 17.4. The van der Waals surface area contributed by atoms with Crippen molar-refractivity contribution in [2.24, 2.45) is 11.7 Å². The lowest BCUT2D eigenvalue weighted by molar-refractivity contribution is 0.564. The van der Waals surface area contributed by atoms with Gasteiger partial charge in [0.1, 0.15) is 5.82 Å². The fourth-order valence-corrected chi connectivity index (χ4v) is 3.28. The largest absolute Gasteiger partial charge is 0.392 e. The van der Waals surface area contributed by atoms with Crippen LogP contribution in [0.25, 0.3) is 0 Å². The molecule has 98 valence electrons. The lowest BCUT2D eigenvalue weighted by Gasteiger charge is -2.16. The SMILES string of the molecule is NC(=S)C(NS(=O)(=O)c1ccc(F)cc1)C1CC1. The molecule has 1 aliphatic carbocycles. The fraction of sp³-hybridized carbons (Fsp3) is 0.364. The van der Waals surface area contributed by atoms with E-state index in [9.17, 15) is 12.8 Å². The fourth-order valence-electron chi connectivity index (χ4n) is 1.67. The summed E-state index contributed by atoms with van der Waals surface area (Å²) in [6.45, 7) is 0. The zero-order valence-electron chi connectivity index (χ0n) is 9.47. The topological polar surface area (TPSA) is 72.2 Å². The molecule has 7 heteroatoms. The van der Waals surface area contributed by atoms with Gasteiger partial charge in [-0.25, -0.2) is 17.5 Å². The van der Waals surface area contributed by atoms with E-state index in [1.54, 1.807) is 0 Å². The van der Waals surface area contributed by atoms with Gasteiger partial charge in [0, 0.05) is 0 Å². The molecule has 1 aromatic rings. The van der Waals surface area contributed by atoms with Crippen molar-refractivity contribution >= 4 is 27.2 Å². The second-order valence-corrected chi connectivity index (χ2v) is 6.48. The number of rotatable bonds is 5. The summed E-state index contributed by atoms with van der Waals surface area (Å²) in [7, 11) is -3.71. The standard InChI is InChI=1S/C11H13FN2O2S2/c12-8-3-5-9(6-4-8)18(15,16)14-10(11(13)17)7-1-2-7/h3-7,10,14H,1-2H2,(H2,13,17). The van der Waals surface area contributed by atoms with E-state index in [1.165, 1.54) is 12.1 Å². The Bertz CT molecular complexity index is 553. The van der Waals surface area contributed by atoms with Gasteiger partial charge in [0.25, 0.3) is 0 Å². The number of thiocarbonyl (C=S) groups is 1. The Hall–Kier alpha value is -1.05. The Morgan fingerprint density at radius 3 is 2.39 bits per heavy atom. The average molecular weight is 288 g/mol. The summed E-state index contributed by atoms with van der Waals surface area (Å²) in [4.78, 5) is 0.147. The second-order valence-electron chi connectivity index (χ2n) is 4.29. The molecule has 0 saturated heterocycles. The van der Waals surface area contributed by atoms with E-state index in [2.05, 4.69) is 4.72 Å². The minimum Gasteiger partial charge on any atom is -0.392 e. The maximum Gasteiger partial charge on any atom is 0.241 e. The summed E-state index contributed by atoms with van der Waals surface area (Å²) in [5, 5.41) is 0. The number of hydrogen-bond donors (Lipinski definition) is 2. The van der Waals surface area contributed by atoms with E-state index in [-0.39, 0.29) is 15.8 Å². The Balaban J connectivity index is 2.20. The molecule has 0 heterocycles. The number of benzene rings is 1. The summed E-state index contributed by atoms with van der Waals surface area (Å²) in [6.07, 6.45) is 1.82. The first-order valence-corrected chi connectivity index (χ1v) is 7.36. The Morgan fingerprint density at radius 1 is 1.39 bits per heavy atom. The van der Waals surface area contributed by atoms with Crippen molar-refractivity contribution in [2.75, 3.05) is 0 Å². The van der Waals surface area contributed by atoms with Crippen LogP contribution in [0, 0.1) is 11.7 Å². The van der Waals surface area contributed by atoms with Gasteiger partial charge in [-0.05, 0) is 43.0 Å². The van der Waals surface area contributed by atoms with Crippen LogP contribution in [0.3, 0.4) is 0 Å². The van der Waals surface area contributed by atoms with Gasteiger partial charge in [-0.3, -0.25) is 0 Å². The molecule has 1 saturated carbocycles. The van der Waals surface area contributed by atoms with E-state index >= 15 is 0 Å². The molecule has 3 N–H and O–H groups in total. The van der Waals surface area contributed by atoms with Gasteiger partial charge in [-0.1, -0.05) is 12.2 Å². The quantitative estimate of drug-likeness (QED) is 0.798. The first-order chi connectivity index (χ1) is 8.40. The zero-order chi connectivity index (χ0) is 13.3. The predicted octanol–water partition coefficient (Wildman–Crippen LogP) is 1.17. The van der Waals surface area contributed by atoms with E-state index in [4.69, 9.17) is 18.0 Å². The first-order valence-electron chi connectivity index (χ1n) is 5.47.